The van der Waals surface area contributed by atoms with E-state index in [0.717, 1.165) is 10.7 Å². The largest absolute Gasteiger partial charge is 0.404 e. The molecule has 0 rings (SSSR count). The van der Waals surface area contributed by atoms with Crippen molar-refractivity contribution >= 4 is 26.0 Å². The highest BCUT2D eigenvalue weighted by molar-refractivity contribution is 9.11. The van der Waals surface area contributed by atoms with Crippen LogP contribution in [0.15, 0.2) is 35.0 Å². The Bertz CT molecular complexity index is 358. The van der Waals surface area contributed by atoms with Crippen LogP contribution >= 0.6 is 15.9 Å². The van der Waals surface area contributed by atoms with E-state index >= 15 is 0 Å². The van der Waals surface area contributed by atoms with Crippen LogP contribution in [-0.2, 0) is 10.0 Å². The molecule has 0 unspecified atom stereocenters. The second-order valence-electron chi connectivity index (χ2n) is 2.57. The Morgan fingerprint density at radius 1 is 1.64 bits per heavy atom. The van der Waals surface area contributed by atoms with Crippen LogP contribution in [0.1, 0.15) is 0 Å². The number of hydrogen-bond acceptors (Lipinski definition) is 3. The molecule has 0 aromatic carbocycles. The minimum atomic E-state index is -3.19. The van der Waals surface area contributed by atoms with Gasteiger partial charge in [0.05, 0.1) is 6.26 Å². The first-order valence-corrected chi connectivity index (χ1v) is 6.42. The van der Waals surface area contributed by atoms with Gasteiger partial charge >= 0.3 is 0 Å². The van der Waals surface area contributed by atoms with Crippen molar-refractivity contribution in [2.45, 2.75) is 0 Å². The summed E-state index contributed by atoms with van der Waals surface area (Å²) in [6.07, 6.45) is 5.70. The Kier molecular flexibility index (Phi) is 5.75. The third-order valence-corrected chi connectivity index (χ3v) is 2.49. The lowest BCUT2D eigenvalue weighted by atomic mass is 10.2. The number of allylic oxidation sites excluding steroid dienone is 2. The van der Waals surface area contributed by atoms with E-state index in [4.69, 9.17) is 5.73 Å². The molecule has 0 radical (unpaired) electrons. The van der Waals surface area contributed by atoms with Crippen LogP contribution in [0.3, 0.4) is 0 Å². The van der Waals surface area contributed by atoms with Crippen LogP contribution in [0, 0.1) is 0 Å². The first-order valence-electron chi connectivity index (χ1n) is 3.74. The van der Waals surface area contributed by atoms with Crippen molar-refractivity contribution in [3.63, 3.8) is 0 Å². The van der Waals surface area contributed by atoms with Gasteiger partial charge < -0.3 is 5.73 Å². The predicted molar refractivity (Wildman–Crippen MR) is 62.3 cm³/mol. The van der Waals surface area contributed by atoms with E-state index in [1.54, 1.807) is 12.2 Å². The molecule has 0 heterocycles. The van der Waals surface area contributed by atoms with Crippen LogP contribution in [-0.4, -0.2) is 21.2 Å². The fourth-order valence-corrected chi connectivity index (χ4v) is 1.33. The SMILES string of the molecule is C=C/C(Br)=C\C(=C/N)CNS(C)(=O)=O. The van der Waals surface area contributed by atoms with E-state index in [2.05, 4.69) is 27.2 Å². The topological polar surface area (TPSA) is 72.2 Å². The van der Waals surface area contributed by atoms with Gasteiger partial charge in [0.2, 0.25) is 10.0 Å². The maximum atomic E-state index is 10.8. The van der Waals surface area contributed by atoms with Gasteiger partial charge in [0.1, 0.15) is 0 Å². The van der Waals surface area contributed by atoms with Crippen molar-refractivity contribution in [1.29, 1.82) is 0 Å². The number of nitrogens with one attached hydrogen (secondary N) is 1. The van der Waals surface area contributed by atoms with Crippen LogP contribution in [0.5, 0.6) is 0 Å². The lowest BCUT2D eigenvalue weighted by molar-refractivity contribution is 0.591. The number of hydrogen-bond donors (Lipinski definition) is 2. The Labute approximate surface area is 92.7 Å². The van der Waals surface area contributed by atoms with Crippen LogP contribution in [0.2, 0.25) is 0 Å². The molecular weight excluding hydrogens is 268 g/mol. The molecule has 0 bridgehead atoms. The van der Waals surface area contributed by atoms with Gasteiger partial charge in [-0.15, -0.1) is 0 Å². The molecular formula is C8H13BrN2O2S. The summed E-state index contributed by atoms with van der Waals surface area (Å²) in [5.74, 6) is 0. The molecule has 0 aromatic rings. The average molecular weight is 281 g/mol. The van der Waals surface area contributed by atoms with Gasteiger partial charge in [0, 0.05) is 11.0 Å². The summed E-state index contributed by atoms with van der Waals surface area (Å²) in [5.41, 5.74) is 5.96. The van der Waals surface area contributed by atoms with Crippen molar-refractivity contribution in [1.82, 2.24) is 4.72 Å². The second-order valence-corrected chi connectivity index (χ2v) is 5.32. The maximum Gasteiger partial charge on any atom is 0.209 e. The normalized spacial score (nSPS) is 14.1. The highest BCUT2D eigenvalue weighted by Gasteiger charge is 2.01. The van der Waals surface area contributed by atoms with Gasteiger partial charge in [0.25, 0.3) is 0 Å². The highest BCUT2D eigenvalue weighted by atomic mass is 79.9. The lowest BCUT2D eigenvalue weighted by Crippen LogP contribution is -2.24. The first-order chi connectivity index (χ1) is 6.39. The molecule has 0 atom stereocenters. The van der Waals surface area contributed by atoms with Crippen molar-refractivity contribution in [3.8, 4) is 0 Å². The highest BCUT2D eigenvalue weighted by Crippen LogP contribution is 2.09. The van der Waals surface area contributed by atoms with Crippen LogP contribution < -0.4 is 10.5 Å². The van der Waals surface area contributed by atoms with Crippen molar-refractivity contribution in [2.24, 2.45) is 5.73 Å². The Balaban J connectivity index is 4.42. The number of nitrogens with two attached hydrogens (primary N) is 1. The van der Waals surface area contributed by atoms with E-state index < -0.39 is 10.0 Å². The zero-order valence-corrected chi connectivity index (χ0v) is 10.2. The third kappa shape index (κ3) is 6.88. The first kappa shape index (κ1) is 13.4. The number of halogens is 1. The minimum Gasteiger partial charge on any atom is -0.404 e. The molecule has 0 aromatic heterocycles. The molecule has 14 heavy (non-hydrogen) atoms. The predicted octanol–water partition coefficient (Wildman–Crippen LogP) is 0.843. The van der Waals surface area contributed by atoms with Gasteiger partial charge in [-0.05, 0) is 17.8 Å². The minimum absolute atomic E-state index is 0.165. The van der Waals surface area contributed by atoms with E-state index in [1.807, 2.05) is 0 Å². The molecule has 0 aliphatic carbocycles. The zero-order valence-electron chi connectivity index (χ0n) is 7.83. The van der Waals surface area contributed by atoms with E-state index in [1.165, 1.54) is 6.20 Å². The van der Waals surface area contributed by atoms with Gasteiger partial charge in [0.15, 0.2) is 0 Å². The van der Waals surface area contributed by atoms with Crippen LogP contribution in [0.25, 0.3) is 0 Å². The molecule has 3 N–H and O–H groups in total. The molecule has 0 spiro atoms. The maximum absolute atomic E-state index is 10.8. The van der Waals surface area contributed by atoms with E-state index in [0.29, 0.717) is 5.57 Å². The standard InChI is InChI=1S/C8H13BrN2O2S/c1-3-8(9)4-7(5-10)6-11-14(2,12)13/h3-5,11H,1,6,10H2,2H3/b7-5+,8-4+. The molecule has 0 amide bonds. The molecule has 0 saturated heterocycles. The third-order valence-electron chi connectivity index (χ3n) is 1.27. The van der Waals surface area contributed by atoms with Crippen molar-refractivity contribution in [3.05, 3.63) is 35.0 Å². The summed E-state index contributed by atoms with van der Waals surface area (Å²) in [6.45, 7) is 3.70. The van der Waals surface area contributed by atoms with Gasteiger partial charge in [-0.3, -0.25) is 0 Å². The molecule has 0 fully saturated rings. The summed E-state index contributed by atoms with van der Waals surface area (Å²) in [5, 5.41) is 0. The lowest BCUT2D eigenvalue weighted by Gasteiger charge is -2.02. The quantitative estimate of drug-likeness (QED) is 0.734. The fraction of sp³-hybridized carbons (Fsp3) is 0.250. The Morgan fingerprint density at radius 2 is 2.21 bits per heavy atom. The van der Waals surface area contributed by atoms with Gasteiger partial charge in [-0.2, -0.15) is 0 Å². The van der Waals surface area contributed by atoms with Crippen molar-refractivity contribution < 1.29 is 8.42 Å². The van der Waals surface area contributed by atoms with Crippen molar-refractivity contribution in [2.75, 3.05) is 12.8 Å². The summed E-state index contributed by atoms with van der Waals surface area (Å²) < 4.78 is 24.6. The Morgan fingerprint density at radius 3 is 2.57 bits per heavy atom. The number of rotatable bonds is 5. The summed E-state index contributed by atoms with van der Waals surface area (Å²) in [4.78, 5) is 0. The molecule has 80 valence electrons. The molecule has 0 aliphatic rings. The second kappa shape index (κ2) is 6.00. The van der Waals surface area contributed by atoms with Gasteiger partial charge in [-0.25, -0.2) is 13.1 Å². The van der Waals surface area contributed by atoms with Gasteiger partial charge in [-0.1, -0.05) is 28.6 Å². The summed E-state index contributed by atoms with van der Waals surface area (Å²) >= 11 is 3.21. The van der Waals surface area contributed by atoms with E-state index in [9.17, 15) is 8.42 Å². The summed E-state index contributed by atoms with van der Waals surface area (Å²) in [7, 11) is -3.19. The van der Waals surface area contributed by atoms with Crippen LogP contribution in [0.4, 0.5) is 0 Å². The molecule has 0 aliphatic heterocycles. The number of sulfonamides is 1. The smallest absolute Gasteiger partial charge is 0.209 e. The Hall–Kier alpha value is -0.590. The monoisotopic (exact) mass is 280 g/mol. The molecule has 4 nitrogen and oxygen atoms in total. The zero-order chi connectivity index (χ0) is 11.2. The van der Waals surface area contributed by atoms with E-state index in [-0.39, 0.29) is 6.54 Å². The molecule has 0 saturated carbocycles. The fourth-order valence-electron chi connectivity index (χ4n) is 0.609. The molecule has 6 heteroatoms. The summed E-state index contributed by atoms with van der Waals surface area (Å²) in [6, 6.07) is 0. The average Bonchev–Trinajstić information content (AvgIpc) is 2.10.